The number of carbonyl (C=O) groups excluding carboxylic acids is 1. The van der Waals surface area contributed by atoms with Crippen molar-refractivity contribution in [3.63, 3.8) is 0 Å². The number of aliphatic hydroxyl groups is 2. The van der Waals surface area contributed by atoms with Crippen molar-refractivity contribution in [2.75, 3.05) is 26.7 Å². The SMILES string of the molecule is COc1ccccc1CNC[C@@]1(O)CN(C(=O)c2ccc(Cl)cc2)CC[C@@H]1O. The molecule has 6 nitrogen and oxygen atoms in total. The molecule has 1 saturated heterocycles. The summed E-state index contributed by atoms with van der Waals surface area (Å²) in [4.78, 5) is 14.3. The Morgan fingerprint density at radius 2 is 2.00 bits per heavy atom. The highest BCUT2D eigenvalue weighted by molar-refractivity contribution is 6.30. The molecule has 2 aromatic rings. The van der Waals surface area contributed by atoms with Crippen LogP contribution in [0.2, 0.25) is 5.02 Å². The summed E-state index contributed by atoms with van der Waals surface area (Å²) in [5.41, 5.74) is 0.0284. The van der Waals surface area contributed by atoms with Crippen LogP contribution in [-0.2, 0) is 6.54 Å². The second-order valence-corrected chi connectivity index (χ2v) is 7.49. The Morgan fingerprint density at radius 3 is 2.71 bits per heavy atom. The average molecular weight is 405 g/mol. The van der Waals surface area contributed by atoms with Crippen molar-refractivity contribution in [3.05, 3.63) is 64.7 Å². The zero-order valence-corrected chi connectivity index (χ0v) is 16.5. The quantitative estimate of drug-likeness (QED) is 0.686. The minimum Gasteiger partial charge on any atom is -0.496 e. The topological polar surface area (TPSA) is 82.0 Å². The highest BCUT2D eigenvalue weighted by atomic mass is 35.5. The van der Waals surface area contributed by atoms with Crippen molar-refractivity contribution in [2.24, 2.45) is 0 Å². The number of β-amino-alcohol motifs (C(OH)–C–C–N with tert-alkyl or cyclic N) is 1. The number of carbonyl (C=O) groups is 1. The Morgan fingerprint density at radius 1 is 1.29 bits per heavy atom. The lowest BCUT2D eigenvalue weighted by Gasteiger charge is -2.42. The van der Waals surface area contributed by atoms with Gasteiger partial charge in [-0.3, -0.25) is 4.79 Å². The third-order valence-corrected chi connectivity index (χ3v) is 5.33. The molecule has 3 rings (SSSR count). The Bertz CT molecular complexity index is 814. The van der Waals surface area contributed by atoms with Crippen LogP contribution in [0.25, 0.3) is 0 Å². The van der Waals surface area contributed by atoms with Crippen LogP contribution in [0.15, 0.2) is 48.5 Å². The van der Waals surface area contributed by atoms with Gasteiger partial charge in [0.2, 0.25) is 0 Å². The van der Waals surface area contributed by atoms with Gasteiger partial charge < -0.3 is 25.2 Å². The normalized spacial score (nSPS) is 22.1. The van der Waals surface area contributed by atoms with E-state index in [1.807, 2.05) is 24.3 Å². The Labute approximate surface area is 169 Å². The lowest BCUT2D eigenvalue weighted by Crippen LogP contribution is -2.62. The summed E-state index contributed by atoms with van der Waals surface area (Å²) >= 11 is 5.88. The van der Waals surface area contributed by atoms with Gasteiger partial charge in [0, 0.05) is 35.8 Å². The summed E-state index contributed by atoms with van der Waals surface area (Å²) < 4.78 is 5.33. The zero-order valence-electron chi connectivity index (χ0n) is 15.8. The molecule has 0 aromatic heterocycles. The predicted molar refractivity (Wildman–Crippen MR) is 108 cm³/mol. The van der Waals surface area contributed by atoms with Crippen LogP contribution in [0, 0.1) is 0 Å². The van der Waals surface area contributed by atoms with E-state index in [-0.39, 0.29) is 19.0 Å². The summed E-state index contributed by atoms with van der Waals surface area (Å²) in [6.45, 7) is 1.06. The van der Waals surface area contributed by atoms with Crippen molar-refractivity contribution in [2.45, 2.75) is 24.7 Å². The third-order valence-electron chi connectivity index (χ3n) is 5.07. The maximum Gasteiger partial charge on any atom is 0.253 e. The van der Waals surface area contributed by atoms with Crippen LogP contribution >= 0.6 is 11.6 Å². The number of rotatable bonds is 6. The first-order chi connectivity index (χ1) is 13.4. The van der Waals surface area contributed by atoms with Gasteiger partial charge >= 0.3 is 0 Å². The Hall–Kier alpha value is -2.12. The molecule has 1 aliphatic heterocycles. The standard InChI is InChI=1S/C21H25ClN2O4/c1-28-18-5-3-2-4-16(18)12-23-13-21(27)14-24(11-10-19(21)25)20(26)15-6-8-17(22)9-7-15/h2-9,19,23,25,27H,10-14H2,1H3/t19-,21+/m0/s1. The first kappa shape index (κ1) is 20.6. The first-order valence-corrected chi connectivity index (χ1v) is 9.58. The summed E-state index contributed by atoms with van der Waals surface area (Å²) in [5.74, 6) is 0.567. The van der Waals surface area contributed by atoms with Gasteiger partial charge in [0.05, 0.1) is 19.8 Å². The molecule has 2 atom stereocenters. The smallest absolute Gasteiger partial charge is 0.253 e. The predicted octanol–water partition coefficient (Wildman–Crippen LogP) is 2.08. The minimum absolute atomic E-state index is 0.0501. The summed E-state index contributed by atoms with van der Waals surface area (Å²) in [6.07, 6.45) is -0.599. The van der Waals surface area contributed by atoms with E-state index < -0.39 is 11.7 Å². The number of benzene rings is 2. The lowest BCUT2D eigenvalue weighted by atomic mass is 9.89. The molecule has 1 amide bonds. The molecule has 0 bridgehead atoms. The average Bonchev–Trinajstić information content (AvgIpc) is 2.70. The van der Waals surface area contributed by atoms with Crippen molar-refractivity contribution < 1.29 is 19.7 Å². The molecule has 0 spiro atoms. The molecule has 2 aromatic carbocycles. The van der Waals surface area contributed by atoms with Gasteiger partial charge in [-0.25, -0.2) is 0 Å². The monoisotopic (exact) mass is 404 g/mol. The van der Waals surface area contributed by atoms with Crippen molar-refractivity contribution >= 4 is 17.5 Å². The second-order valence-electron chi connectivity index (χ2n) is 7.06. The van der Waals surface area contributed by atoms with Gasteiger partial charge in [0.15, 0.2) is 0 Å². The summed E-state index contributed by atoms with van der Waals surface area (Å²) in [5, 5.41) is 25.1. The highest BCUT2D eigenvalue weighted by Crippen LogP contribution is 2.24. The highest BCUT2D eigenvalue weighted by Gasteiger charge is 2.42. The molecule has 150 valence electrons. The van der Waals surface area contributed by atoms with Crippen LogP contribution in [-0.4, -0.2) is 59.5 Å². The minimum atomic E-state index is -1.43. The lowest BCUT2D eigenvalue weighted by molar-refractivity contribution is -0.111. The molecule has 0 saturated carbocycles. The van der Waals surface area contributed by atoms with Crippen molar-refractivity contribution in [1.29, 1.82) is 0 Å². The molecular formula is C21H25ClN2O4. The number of hydrogen-bond donors (Lipinski definition) is 3. The van der Waals surface area contributed by atoms with E-state index >= 15 is 0 Å². The van der Waals surface area contributed by atoms with Gasteiger partial charge in [0.1, 0.15) is 11.4 Å². The number of ether oxygens (including phenoxy) is 1. The number of halogens is 1. The largest absolute Gasteiger partial charge is 0.496 e. The molecule has 1 fully saturated rings. The van der Waals surface area contributed by atoms with Gasteiger partial charge in [0.25, 0.3) is 5.91 Å². The van der Waals surface area contributed by atoms with Crippen LogP contribution in [0.1, 0.15) is 22.3 Å². The van der Waals surface area contributed by atoms with E-state index in [1.165, 1.54) is 0 Å². The number of piperidine rings is 1. The molecule has 0 aliphatic carbocycles. The summed E-state index contributed by atoms with van der Waals surface area (Å²) in [6, 6.07) is 14.3. The molecular weight excluding hydrogens is 380 g/mol. The number of methoxy groups -OCH3 is 1. The first-order valence-electron chi connectivity index (χ1n) is 9.21. The van der Waals surface area contributed by atoms with E-state index in [4.69, 9.17) is 16.3 Å². The number of nitrogens with zero attached hydrogens (tertiary/aromatic N) is 1. The fourth-order valence-corrected chi connectivity index (χ4v) is 3.57. The van der Waals surface area contributed by atoms with E-state index in [1.54, 1.807) is 36.3 Å². The molecule has 1 heterocycles. The van der Waals surface area contributed by atoms with E-state index in [2.05, 4.69) is 5.32 Å². The Balaban J connectivity index is 1.64. The third kappa shape index (κ3) is 4.64. The molecule has 3 N–H and O–H groups in total. The molecule has 1 aliphatic rings. The molecule has 0 radical (unpaired) electrons. The second kappa shape index (κ2) is 8.92. The number of amides is 1. The fourth-order valence-electron chi connectivity index (χ4n) is 3.45. The van der Waals surface area contributed by atoms with Crippen LogP contribution in [0.4, 0.5) is 0 Å². The van der Waals surface area contributed by atoms with E-state index in [0.717, 1.165) is 11.3 Å². The van der Waals surface area contributed by atoms with Gasteiger partial charge in [-0.05, 0) is 36.8 Å². The number of hydrogen-bond acceptors (Lipinski definition) is 5. The number of para-hydroxylation sites is 1. The summed E-state index contributed by atoms with van der Waals surface area (Å²) in [7, 11) is 1.61. The Kier molecular flexibility index (Phi) is 6.57. The maximum atomic E-state index is 12.7. The van der Waals surface area contributed by atoms with E-state index in [0.29, 0.717) is 30.1 Å². The van der Waals surface area contributed by atoms with E-state index in [9.17, 15) is 15.0 Å². The number of nitrogens with one attached hydrogen (secondary N) is 1. The van der Waals surface area contributed by atoms with Crippen LogP contribution in [0.3, 0.4) is 0 Å². The zero-order chi connectivity index (χ0) is 20.1. The number of aliphatic hydroxyl groups excluding tert-OH is 1. The number of likely N-dealkylation sites (tertiary alicyclic amines) is 1. The van der Waals surface area contributed by atoms with Gasteiger partial charge in [-0.15, -0.1) is 0 Å². The fraction of sp³-hybridized carbons (Fsp3) is 0.381. The van der Waals surface area contributed by atoms with Gasteiger partial charge in [-0.1, -0.05) is 29.8 Å². The van der Waals surface area contributed by atoms with Gasteiger partial charge in [-0.2, -0.15) is 0 Å². The van der Waals surface area contributed by atoms with Crippen LogP contribution in [0.5, 0.6) is 5.75 Å². The van der Waals surface area contributed by atoms with Crippen molar-refractivity contribution in [1.82, 2.24) is 10.2 Å². The molecule has 28 heavy (non-hydrogen) atoms. The molecule has 0 unspecified atom stereocenters. The van der Waals surface area contributed by atoms with Crippen LogP contribution < -0.4 is 10.1 Å². The molecule has 7 heteroatoms. The van der Waals surface area contributed by atoms with Crippen molar-refractivity contribution in [3.8, 4) is 5.75 Å². The maximum absolute atomic E-state index is 12.7.